The van der Waals surface area contributed by atoms with Crippen molar-refractivity contribution in [3.63, 3.8) is 0 Å². The fraction of sp³-hybridized carbons (Fsp3) is 0.333. The summed E-state index contributed by atoms with van der Waals surface area (Å²) in [5.74, 6) is 0.898. The average Bonchev–Trinajstić information content (AvgIpc) is 3.04. The molecular weight excluding hydrogens is 340 g/mol. The van der Waals surface area contributed by atoms with E-state index in [-0.39, 0.29) is 5.69 Å². The summed E-state index contributed by atoms with van der Waals surface area (Å²) in [7, 11) is 0. The molecule has 0 amide bonds. The van der Waals surface area contributed by atoms with Crippen LogP contribution in [0.15, 0.2) is 42.6 Å². The van der Waals surface area contributed by atoms with Crippen molar-refractivity contribution in [3.8, 4) is 11.1 Å². The molecule has 1 N–H and O–H groups in total. The van der Waals surface area contributed by atoms with Gasteiger partial charge < -0.3 is 5.11 Å². The van der Waals surface area contributed by atoms with E-state index in [1.54, 1.807) is 12.1 Å². The van der Waals surface area contributed by atoms with Crippen molar-refractivity contribution in [3.05, 3.63) is 65.5 Å². The summed E-state index contributed by atoms with van der Waals surface area (Å²) in [5.41, 5.74) is 2.62. The van der Waals surface area contributed by atoms with Crippen molar-refractivity contribution in [2.45, 2.75) is 46.1 Å². The Labute approximate surface area is 158 Å². The number of benzene rings is 1. The Hall–Kier alpha value is -3.02. The first-order chi connectivity index (χ1) is 13.1. The topological polar surface area (TPSA) is 80.9 Å². The first-order valence-corrected chi connectivity index (χ1v) is 9.32. The van der Waals surface area contributed by atoms with E-state index in [2.05, 4.69) is 28.9 Å². The smallest absolute Gasteiger partial charge is 0.355 e. The minimum absolute atomic E-state index is 0.0657. The average molecular weight is 364 g/mol. The predicted octanol–water partition coefficient (Wildman–Crippen LogP) is 3.99. The van der Waals surface area contributed by atoms with Crippen LogP contribution < -0.4 is 0 Å². The highest BCUT2D eigenvalue weighted by atomic mass is 16.4. The summed E-state index contributed by atoms with van der Waals surface area (Å²) < 4.78 is 1.98. The maximum Gasteiger partial charge on any atom is 0.355 e. The van der Waals surface area contributed by atoms with Crippen molar-refractivity contribution in [1.29, 1.82) is 0 Å². The molecule has 2 heterocycles. The largest absolute Gasteiger partial charge is 0.476 e. The van der Waals surface area contributed by atoms with Gasteiger partial charge in [-0.25, -0.2) is 19.4 Å². The minimum Gasteiger partial charge on any atom is -0.476 e. The molecule has 0 aliphatic carbocycles. The van der Waals surface area contributed by atoms with Crippen LogP contribution in [0.4, 0.5) is 0 Å². The van der Waals surface area contributed by atoms with Crippen molar-refractivity contribution >= 4 is 5.97 Å². The fourth-order valence-corrected chi connectivity index (χ4v) is 3.06. The number of nitrogens with zero attached hydrogens (tertiary/aromatic N) is 4. The van der Waals surface area contributed by atoms with Crippen LogP contribution in [0, 0.1) is 0 Å². The Morgan fingerprint density at radius 1 is 1.07 bits per heavy atom. The molecule has 3 rings (SSSR count). The zero-order valence-corrected chi connectivity index (χ0v) is 15.7. The van der Waals surface area contributed by atoms with Gasteiger partial charge in [-0.05, 0) is 30.0 Å². The number of aromatic nitrogens is 4. The molecule has 0 saturated carbocycles. The van der Waals surface area contributed by atoms with Gasteiger partial charge >= 0.3 is 5.97 Å². The van der Waals surface area contributed by atoms with E-state index >= 15 is 0 Å². The highest BCUT2D eigenvalue weighted by Gasteiger charge is 2.13. The number of carboxylic acids is 1. The standard InChI is InChI=1S/C21H24N4O2/c1-3-6-18-23-19(7-4-2)25(24-18)14-15-9-11-16(12-10-15)17-8-5-13-22-20(17)21(26)27/h5,8-13H,3-4,6-7,14H2,1-2H3,(H,26,27). The van der Waals surface area contributed by atoms with Crippen molar-refractivity contribution in [2.75, 3.05) is 0 Å². The van der Waals surface area contributed by atoms with Gasteiger partial charge in [-0.3, -0.25) is 0 Å². The van der Waals surface area contributed by atoms with Crippen LogP contribution in [-0.4, -0.2) is 30.8 Å². The summed E-state index contributed by atoms with van der Waals surface area (Å²) in [6.07, 6.45) is 5.35. The van der Waals surface area contributed by atoms with Gasteiger partial charge in [-0.1, -0.05) is 44.2 Å². The Morgan fingerprint density at radius 2 is 1.81 bits per heavy atom. The van der Waals surface area contributed by atoms with Gasteiger partial charge in [-0.2, -0.15) is 5.10 Å². The molecule has 0 aliphatic rings. The molecule has 27 heavy (non-hydrogen) atoms. The third-order valence-electron chi connectivity index (χ3n) is 4.35. The van der Waals surface area contributed by atoms with Gasteiger partial charge in [0, 0.05) is 24.6 Å². The van der Waals surface area contributed by atoms with Gasteiger partial charge in [0.25, 0.3) is 0 Å². The molecule has 0 spiro atoms. The molecule has 0 saturated heterocycles. The fourth-order valence-electron chi connectivity index (χ4n) is 3.06. The Kier molecular flexibility index (Phi) is 5.96. The molecule has 0 radical (unpaired) electrons. The predicted molar refractivity (Wildman–Crippen MR) is 104 cm³/mol. The van der Waals surface area contributed by atoms with Crippen molar-refractivity contribution in [1.82, 2.24) is 19.7 Å². The number of rotatable bonds is 8. The zero-order valence-electron chi connectivity index (χ0n) is 15.7. The Bertz CT molecular complexity index is 916. The lowest BCUT2D eigenvalue weighted by atomic mass is 10.0. The molecular formula is C21H24N4O2. The molecule has 0 fully saturated rings. The zero-order chi connectivity index (χ0) is 19.2. The normalized spacial score (nSPS) is 10.9. The molecule has 140 valence electrons. The van der Waals surface area contributed by atoms with E-state index in [0.717, 1.165) is 48.5 Å². The second-order valence-electron chi connectivity index (χ2n) is 6.50. The van der Waals surface area contributed by atoms with Crippen LogP contribution in [0.25, 0.3) is 11.1 Å². The third kappa shape index (κ3) is 4.39. The highest BCUT2D eigenvalue weighted by molar-refractivity contribution is 5.93. The van der Waals surface area contributed by atoms with Gasteiger partial charge in [-0.15, -0.1) is 0 Å². The van der Waals surface area contributed by atoms with Gasteiger partial charge in [0.1, 0.15) is 5.82 Å². The lowest BCUT2D eigenvalue weighted by Gasteiger charge is -2.08. The van der Waals surface area contributed by atoms with E-state index in [0.29, 0.717) is 12.1 Å². The molecule has 0 unspecified atom stereocenters. The minimum atomic E-state index is -1.02. The summed E-state index contributed by atoms with van der Waals surface area (Å²) in [6.45, 7) is 4.93. The van der Waals surface area contributed by atoms with Crippen molar-refractivity contribution in [2.24, 2.45) is 0 Å². The molecule has 6 heteroatoms. The van der Waals surface area contributed by atoms with Crippen LogP contribution in [0.2, 0.25) is 0 Å². The molecule has 2 aromatic heterocycles. The van der Waals surface area contributed by atoms with Gasteiger partial charge in [0.05, 0.1) is 6.54 Å². The van der Waals surface area contributed by atoms with E-state index in [9.17, 15) is 9.90 Å². The second-order valence-corrected chi connectivity index (χ2v) is 6.50. The number of hydrogen-bond donors (Lipinski definition) is 1. The Morgan fingerprint density at radius 3 is 2.48 bits per heavy atom. The van der Waals surface area contributed by atoms with E-state index in [4.69, 9.17) is 0 Å². The number of aromatic carboxylic acids is 1. The second kappa shape index (κ2) is 8.58. The summed E-state index contributed by atoms with van der Waals surface area (Å²) in [4.78, 5) is 20.0. The molecule has 6 nitrogen and oxygen atoms in total. The van der Waals surface area contributed by atoms with E-state index < -0.39 is 5.97 Å². The first kappa shape index (κ1) is 18.8. The highest BCUT2D eigenvalue weighted by Crippen LogP contribution is 2.23. The van der Waals surface area contributed by atoms with Crippen molar-refractivity contribution < 1.29 is 9.90 Å². The monoisotopic (exact) mass is 364 g/mol. The molecule has 0 bridgehead atoms. The van der Waals surface area contributed by atoms with Crippen LogP contribution in [0.5, 0.6) is 0 Å². The maximum atomic E-state index is 11.4. The van der Waals surface area contributed by atoms with Crippen LogP contribution in [-0.2, 0) is 19.4 Å². The molecule has 1 aromatic carbocycles. The molecule has 3 aromatic rings. The summed E-state index contributed by atoms with van der Waals surface area (Å²) in [6, 6.07) is 11.4. The molecule has 0 atom stereocenters. The quantitative estimate of drug-likeness (QED) is 0.653. The number of aryl methyl sites for hydroxylation is 2. The SMILES string of the molecule is CCCc1nc(CCC)n(Cc2ccc(-c3cccnc3C(=O)O)cc2)n1. The van der Waals surface area contributed by atoms with Crippen LogP contribution >= 0.6 is 0 Å². The summed E-state index contributed by atoms with van der Waals surface area (Å²) >= 11 is 0. The Balaban J connectivity index is 1.84. The van der Waals surface area contributed by atoms with E-state index in [1.165, 1.54) is 6.20 Å². The van der Waals surface area contributed by atoms with Crippen LogP contribution in [0.3, 0.4) is 0 Å². The first-order valence-electron chi connectivity index (χ1n) is 9.32. The lowest BCUT2D eigenvalue weighted by Crippen LogP contribution is -2.07. The third-order valence-corrected chi connectivity index (χ3v) is 4.35. The number of carboxylic acid groups (broad SMARTS) is 1. The lowest BCUT2D eigenvalue weighted by molar-refractivity contribution is 0.0691. The van der Waals surface area contributed by atoms with Crippen LogP contribution in [0.1, 0.15) is 54.4 Å². The van der Waals surface area contributed by atoms with Gasteiger partial charge in [0.15, 0.2) is 11.5 Å². The number of pyridine rings is 1. The maximum absolute atomic E-state index is 11.4. The van der Waals surface area contributed by atoms with E-state index in [1.807, 2.05) is 28.9 Å². The number of hydrogen-bond acceptors (Lipinski definition) is 4. The summed E-state index contributed by atoms with van der Waals surface area (Å²) in [5, 5.41) is 14.0. The van der Waals surface area contributed by atoms with Gasteiger partial charge in [0.2, 0.25) is 0 Å². The molecule has 0 aliphatic heterocycles. The number of carbonyl (C=O) groups is 1.